The molecule has 0 aliphatic carbocycles. The molecule has 0 spiro atoms. The standard InChI is InChI=1S/C55H87NO7/c1-6-8-10-12-14-16-18-20-22-24-25-26-27-28-29-30-32-34-36-38-40-42-44-46-54(58)63-51(49-61-48-47-52(55(59)60)56(3,4)5)50-62-53(57)45-43-41-39-37-35-33-31-23-21-19-17-15-13-11-9-7-2/h8-11,14-17,20-23,25-26,28-29,32-35,51-52H,6-7,12-13,18-19,24,27,30-31,36-50H2,1-5H3/p+1/b10-8+,11-9+,16-14+,17-15+,22-20+,23-21+,26-25+,29-28+,34-32+,35-33+. The van der Waals surface area contributed by atoms with Gasteiger partial charge in [0.15, 0.2) is 12.1 Å². The van der Waals surface area contributed by atoms with E-state index in [0.29, 0.717) is 12.8 Å². The number of rotatable bonds is 41. The number of unbranched alkanes of at least 4 members (excludes halogenated alkanes) is 7. The van der Waals surface area contributed by atoms with Crippen LogP contribution in [-0.4, -0.2) is 80.6 Å². The van der Waals surface area contributed by atoms with Crippen molar-refractivity contribution >= 4 is 17.9 Å². The molecular weight excluding hydrogens is 787 g/mol. The van der Waals surface area contributed by atoms with Gasteiger partial charge >= 0.3 is 17.9 Å². The number of hydrogen-bond donors (Lipinski definition) is 1. The molecule has 0 saturated heterocycles. The summed E-state index contributed by atoms with van der Waals surface area (Å²) in [5.74, 6) is -1.56. The molecule has 0 heterocycles. The highest BCUT2D eigenvalue weighted by atomic mass is 16.6. The predicted octanol–water partition coefficient (Wildman–Crippen LogP) is 13.8. The highest BCUT2D eigenvalue weighted by Crippen LogP contribution is 2.12. The van der Waals surface area contributed by atoms with Gasteiger partial charge in [-0.25, -0.2) is 4.79 Å². The molecule has 2 unspecified atom stereocenters. The smallest absolute Gasteiger partial charge is 0.362 e. The van der Waals surface area contributed by atoms with E-state index in [1.165, 1.54) is 0 Å². The SMILES string of the molecule is CC/C=C/C/C=C/C/C=C/C/C=C/C/C=C/C/C=C/CCCCCCC(=O)OC(COCCC(C(=O)O)[N+](C)(C)C)COC(=O)CCCCC/C=C/C/C=C/C/C=C/C/C=C/CC. The topological polar surface area (TPSA) is 99.1 Å². The minimum absolute atomic E-state index is 0.0311. The molecule has 0 aliphatic heterocycles. The summed E-state index contributed by atoms with van der Waals surface area (Å²) in [6.07, 6.45) is 62.5. The van der Waals surface area contributed by atoms with E-state index in [4.69, 9.17) is 14.2 Å². The summed E-state index contributed by atoms with van der Waals surface area (Å²) in [5, 5.41) is 9.64. The molecule has 2 atom stereocenters. The molecule has 0 aliphatic rings. The largest absolute Gasteiger partial charge is 0.477 e. The minimum atomic E-state index is -0.890. The van der Waals surface area contributed by atoms with Crippen LogP contribution in [0.3, 0.4) is 0 Å². The van der Waals surface area contributed by atoms with E-state index < -0.39 is 18.1 Å². The predicted molar refractivity (Wildman–Crippen MR) is 265 cm³/mol. The van der Waals surface area contributed by atoms with Crippen LogP contribution < -0.4 is 0 Å². The van der Waals surface area contributed by atoms with E-state index in [1.54, 1.807) is 0 Å². The fraction of sp³-hybridized carbons (Fsp3) is 0.582. The molecule has 0 fully saturated rings. The van der Waals surface area contributed by atoms with Crippen molar-refractivity contribution in [3.63, 3.8) is 0 Å². The Bertz CT molecular complexity index is 1440. The Morgan fingerprint density at radius 2 is 0.841 bits per heavy atom. The first-order chi connectivity index (χ1) is 30.6. The number of hydrogen-bond acceptors (Lipinski definition) is 6. The van der Waals surface area contributed by atoms with E-state index in [0.717, 1.165) is 122 Å². The number of carboxylic acid groups (broad SMARTS) is 1. The highest BCUT2D eigenvalue weighted by Gasteiger charge is 2.31. The van der Waals surface area contributed by atoms with Crippen molar-refractivity contribution in [1.29, 1.82) is 0 Å². The summed E-state index contributed by atoms with van der Waals surface area (Å²) in [6, 6.07) is -0.633. The second-order valence-electron chi connectivity index (χ2n) is 16.6. The molecular formula is C55H88NO7+. The summed E-state index contributed by atoms with van der Waals surface area (Å²) in [7, 11) is 5.50. The number of esters is 2. The molecule has 0 aromatic heterocycles. The summed E-state index contributed by atoms with van der Waals surface area (Å²) in [6.45, 7) is 4.42. The second-order valence-corrected chi connectivity index (χ2v) is 16.6. The number of carbonyl (C=O) groups excluding carboxylic acids is 2. The fourth-order valence-corrected chi connectivity index (χ4v) is 6.20. The molecule has 0 bridgehead atoms. The number of aliphatic carboxylic acids is 1. The van der Waals surface area contributed by atoms with Crippen LogP contribution in [0.5, 0.6) is 0 Å². The maximum absolute atomic E-state index is 12.8. The van der Waals surface area contributed by atoms with E-state index in [2.05, 4.69) is 135 Å². The fourth-order valence-electron chi connectivity index (χ4n) is 6.20. The van der Waals surface area contributed by atoms with Crippen molar-refractivity contribution in [2.24, 2.45) is 0 Å². The van der Waals surface area contributed by atoms with Crippen LogP contribution in [0.15, 0.2) is 122 Å². The van der Waals surface area contributed by atoms with Crippen LogP contribution in [-0.2, 0) is 28.6 Å². The third kappa shape index (κ3) is 42.8. The Hall–Kier alpha value is -4.27. The van der Waals surface area contributed by atoms with Gasteiger partial charge < -0.3 is 23.8 Å². The molecule has 0 saturated carbocycles. The van der Waals surface area contributed by atoms with E-state index >= 15 is 0 Å². The zero-order valence-electron chi connectivity index (χ0n) is 40.2. The maximum atomic E-state index is 12.8. The normalized spacial score (nSPS) is 14.0. The highest BCUT2D eigenvalue weighted by molar-refractivity contribution is 5.72. The number of carboxylic acids is 1. The maximum Gasteiger partial charge on any atom is 0.362 e. The van der Waals surface area contributed by atoms with Crippen LogP contribution in [0.2, 0.25) is 0 Å². The van der Waals surface area contributed by atoms with Crippen molar-refractivity contribution in [1.82, 2.24) is 0 Å². The van der Waals surface area contributed by atoms with Crippen molar-refractivity contribution in [3.8, 4) is 0 Å². The van der Waals surface area contributed by atoms with Gasteiger partial charge in [-0.15, -0.1) is 0 Å². The zero-order chi connectivity index (χ0) is 46.3. The average molecular weight is 875 g/mol. The van der Waals surface area contributed by atoms with Crippen LogP contribution in [0, 0.1) is 0 Å². The monoisotopic (exact) mass is 875 g/mol. The molecule has 0 rings (SSSR count). The molecule has 8 heteroatoms. The van der Waals surface area contributed by atoms with Crippen molar-refractivity contribution < 1.29 is 38.2 Å². The molecule has 0 aromatic rings. The van der Waals surface area contributed by atoms with Gasteiger partial charge in [0, 0.05) is 19.3 Å². The van der Waals surface area contributed by atoms with Gasteiger partial charge in [-0.1, -0.05) is 155 Å². The van der Waals surface area contributed by atoms with Crippen molar-refractivity contribution in [2.75, 3.05) is 41.0 Å². The lowest BCUT2D eigenvalue weighted by atomic mass is 10.1. The van der Waals surface area contributed by atoms with E-state index in [9.17, 15) is 19.5 Å². The van der Waals surface area contributed by atoms with Crippen LogP contribution in [0.4, 0.5) is 0 Å². The third-order valence-electron chi connectivity index (χ3n) is 9.86. The number of allylic oxidation sites excluding steroid dienone is 20. The Morgan fingerprint density at radius 3 is 1.24 bits per heavy atom. The van der Waals surface area contributed by atoms with Gasteiger partial charge in [-0.05, 0) is 103 Å². The van der Waals surface area contributed by atoms with Gasteiger partial charge in [0.1, 0.15) is 6.61 Å². The number of likely N-dealkylation sites (N-methyl/N-ethyl adjacent to an activating group) is 1. The van der Waals surface area contributed by atoms with Gasteiger partial charge in [0.2, 0.25) is 0 Å². The van der Waals surface area contributed by atoms with E-state index in [-0.39, 0.29) is 42.7 Å². The third-order valence-corrected chi connectivity index (χ3v) is 9.86. The first-order valence-electron chi connectivity index (χ1n) is 24.1. The van der Waals surface area contributed by atoms with Gasteiger partial charge in [0.05, 0.1) is 34.4 Å². The number of ether oxygens (including phenoxy) is 3. The lowest BCUT2D eigenvalue weighted by molar-refractivity contribution is -0.887. The Balaban J connectivity index is 4.43. The molecule has 8 nitrogen and oxygen atoms in total. The summed E-state index contributed by atoms with van der Waals surface area (Å²) >= 11 is 0. The van der Waals surface area contributed by atoms with Crippen LogP contribution >= 0.6 is 0 Å². The summed E-state index contributed by atoms with van der Waals surface area (Å²) in [5.41, 5.74) is 0. The molecule has 0 amide bonds. The Labute approximate surface area is 384 Å². The number of carbonyl (C=O) groups is 3. The molecule has 1 N–H and O–H groups in total. The summed E-state index contributed by atoms with van der Waals surface area (Å²) < 4.78 is 17.3. The van der Waals surface area contributed by atoms with Crippen molar-refractivity contribution in [3.05, 3.63) is 122 Å². The Morgan fingerprint density at radius 1 is 0.476 bits per heavy atom. The average Bonchev–Trinajstić information content (AvgIpc) is 3.24. The first kappa shape index (κ1) is 58.7. The number of nitrogens with zero attached hydrogens (tertiary/aromatic N) is 1. The van der Waals surface area contributed by atoms with Crippen molar-refractivity contribution in [2.45, 2.75) is 167 Å². The minimum Gasteiger partial charge on any atom is -0.477 e. The van der Waals surface area contributed by atoms with Gasteiger partial charge in [0.25, 0.3) is 0 Å². The molecule has 0 radical (unpaired) electrons. The lowest BCUT2D eigenvalue weighted by Gasteiger charge is -2.31. The summed E-state index contributed by atoms with van der Waals surface area (Å²) in [4.78, 5) is 37.1. The van der Waals surface area contributed by atoms with Gasteiger partial charge in [-0.2, -0.15) is 0 Å². The van der Waals surface area contributed by atoms with E-state index in [1.807, 2.05) is 21.1 Å². The first-order valence-corrected chi connectivity index (χ1v) is 24.1. The lowest BCUT2D eigenvalue weighted by Crippen LogP contribution is -2.50. The van der Waals surface area contributed by atoms with Crippen LogP contribution in [0.25, 0.3) is 0 Å². The molecule has 0 aromatic carbocycles. The van der Waals surface area contributed by atoms with Crippen LogP contribution in [0.1, 0.15) is 155 Å². The Kier molecular flexibility index (Phi) is 41.3. The molecule has 63 heavy (non-hydrogen) atoms. The zero-order valence-corrected chi connectivity index (χ0v) is 40.2. The second kappa shape index (κ2) is 44.3. The van der Waals surface area contributed by atoms with Gasteiger partial charge in [-0.3, -0.25) is 9.59 Å². The quantitative estimate of drug-likeness (QED) is 0.0283. The number of quaternary nitrogens is 1. The molecule has 354 valence electrons.